The molecule has 0 aliphatic heterocycles. The average molecular weight is 880 g/mol. The topological polar surface area (TPSA) is 91.4 Å². The zero-order chi connectivity index (χ0) is 45.7. The summed E-state index contributed by atoms with van der Waals surface area (Å²) in [5.74, 6) is 1.00. The summed E-state index contributed by atoms with van der Waals surface area (Å²) in [6.45, 7) is 13.2. The molecule has 0 saturated heterocycles. The lowest BCUT2D eigenvalue weighted by Gasteiger charge is -2.21. The van der Waals surface area contributed by atoms with E-state index in [-0.39, 0.29) is 24.0 Å². The average Bonchev–Trinajstić information content (AvgIpc) is 3.25. The Morgan fingerprint density at radius 1 is 0.419 bits per heavy atom. The number of nitrogens with zero attached hydrogens (tertiary/aromatic N) is 1. The summed E-state index contributed by atoms with van der Waals surface area (Å²) in [4.78, 5) is 40.0. The van der Waals surface area contributed by atoms with Crippen LogP contribution >= 0.6 is 0 Å². The smallest absolute Gasteiger partial charge is 0.335 e. The molecule has 0 aromatic rings. The quantitative estimate of drug-likeness (QED) is 0.0339. The molecule has 0 aliphatic carbocycles. The molecule has 8 nitrogen and oxygen atoms in total. The molecule has 0 fully saturated rings. The SMILES string of the molecule is CCCCCCC(CCCCCC)CCOC(=O)CCCCCCCC(CCCCCCCC(=O)OCCC(CCCCCC)CCCCCC)OC(=O)C(C)OCCN(C)C. The van der Waals surface area contributed by atoms with Crippen molar-refractivity contribution in [3.8, 4) is 0 Å². The highest BCUT2D eigenvalue weighted by atomic mass is 16.6. The number of esters is 3. The van der Waals surface area contributed by atoms with E-state index in [1.54, 1.807) is 6.92 Å². The highest BCUT2D eigenvalue weighted by molar-refractivity contribution is 5.74. The van der Waals surface area contributed by atoms with Gasteiger partial charge in [-0.05, 0) is 84.2 Å². The minimum Gasteiger partial charge on any atom is -0.466 e. The van der Waals surface area contributed by atoms with Crippen molar-refractivity contribution < 1.29 is 33.3 Å². The zero-order valence-corrected chi connectivity index (χ0v) is 42.4. The summed E-state index contributed by atoms with van der Waals surface area (Å²) in [7, 11) is 3.98. The second-order valence-electron chi connectivity index (χ2n) is 19.1. The fourth-order valence-electron chi connectivity index (χ4n) is 8.47. The molecule has 0 N–H and O–H groups in total. The van der Waals surface area contributed by atoms with Crippen LogP contribution in [-0.2, 0) is 33.3 Å². The molecule has 0 spiro atoms. The van der Waals surface area contributed by atoms with Gasteiger partial charge < -0.3 is 23.8 Å². The van der Waals surface area contributed by atoms with Crippen LogP contribution in [0, 0.1) is 11.8 Å². The minimum atomic E-state index is -0.582. The van der Waals surface area contributed by atoms with Gasteiger partial charge in [-0.2, -0.15) is 0 Å². The van der Waals surface area contributed by atoms with Crippen LogP contribution in [0.4, 0.5) is 0 Å². The molecule has 8 heteroatoms. The Balaban J connectivity index is 4.54. The molecule has 0 aromatic heterocycles. The monoisotopic (exact) mass is 880 g/mol. The first-order valence-corrected chi connectivity index (χ1v) is 26.9. The standard InChI is InChI=1S/C54H105NO7/c1-8-12-16-26-34-49(35-27-17-13-9-2)42-45-60-52(56)40-32-24-20-22-30-38-51(62-54(58)48(5)59-47-44-55(6)7)39-31-23-21-25-33-41-53(57)61-46-43-50(36-28-18-14-10-3)37-29-19-15-11-4/h48-51H,8-47H2,1-7H3. The van der Waals surface area contributed by atoms with Crippen LogP contribution in [0.5, 0.6) is 0 Å². The molecule has 0 heterocycles. The van der Waals surface area contributed by atoms with Gasteiger partial charge >= 0.3 is 17.9 Å². The number of carbonyl (C=O) groups excluding carboxylic acids is 3. The molecule has 0 saturated carbocycles. The van der Waals surface area contributed by atoms with Gasteiger partial charge in [-0.3, -0.25) is 9.59 Å². The van der Waals surface area contributed by atoms with E-state index < -0.39 is 6.10 Å². The van der Waals surface area contributed by atoms with E-state index in [0.717, 1.165) is 96.4 Å². The third kappa shape index (κ3) is 41.1. The Bertz CT molecular complexity index is 906. The molecule has 0 radical (unpaired) electrons. The van der Waals surface area contributed by atoms with Gasteiger partial charge in [-0.15, -0.1) is 0 Å². The number of hydrogen-bond acceptors (Lipinski definition) is 8. The summed E-state index contributed by atoms with van der Waals surface area (Å²) < 4.78 is 23.2. The summed E-state index contributed by atoms with van der Waals surface area (Å²) >= 11 is 0. The molecule has 0 rings (SSSR count). The molecule has 368 valence electrons. The number of hydrogen-bond donors (Lipinski definition) is 0. The molecule has 62 heavy (non-hydrogen) atoms. The van der Waals surface area contributed by atoms with Crippen LogP contribution in [0.2, 0.25) is 0 Å². The van der Waals surface area contributed by atoms with Crippen LogP contribution < -0.4 is 0 Å². The number of likely N-dealkylation sites (N-methyl/N-ethyl adjacent to an activating group) is 1. The Hall–Kier alpha value is -1.67. The second kappa shape index (κ2) is 45.9. The van der Waals surface area contributed by atoms with Crippen molar-refractivity contribution in [3.63, 3.8) is 0 Å². The van der Waals surface area contributed by atoms with Crippen LogP contribution in [0.25, 0.3) is 0 Å². The summed E-state index contributed by atoms with van der Waals surface area (Å²) in [5, 5.41) is 0. The van der Waals surface area contributed by atoms with Crippen LogP contribution in [0.1, 0.15) is 266 Å². The highest BCUT2D eigenvalue weighted by Gasteiger charge is 2.21. The fraction of sp³-hybridized carbons (Fsp3) is 0.944. The minimum absolute atomic E-state index is 0.0464. The third-order valence-electron chi connectivity index (χ3n) is 12.8. The van der Waals surface area contributed by atoms with Gasteiger partial charge in [-0.25, -0.2) is 4.79 Å². The molecule has 0 aliphatic rings. The van der Waals surface area contributed by atoms with Gasteiger partial charge in [0.2, 0.25) is 0 Å². The summed E-state index contributed by atoms with van der Waals surface area (Å²) in [6, 6.07) is 0. The second-order valence-corrected chi connectivity index (χ2v) is 19.1. The molecular weight excluding hydrogens is 775 g/mol. The van der Waals surface area contributed by atoms with E-state index in [0.29, 0.717) is 44.5 Å². The highest BCUT2D eigenvalue weighted by Crippen LogP contribution is 2.24. The lowest BCUT2D eigenvalue weighted by molar-refractivity contribution is -0.162. The van der Waals surface area contributed by atoms with Crippen LogP contribution in [0.15, 0.2) is 0 Å². The van der Waals surface area contributed by atoms with Gasteiger partial charge in [0, 0.05) is 19.4 Å². The van der Waals surface area contributed by atoms with Crippen molar-refractivity contribution in [1.82, 2.24) is 4.90 Å². The molecule has 1 unspecified atom stereocenters. The molecule has 1 atom stereocenters. The maximum absolute atomic E-state index is 13.0. The van der Waals surface area contributed by atoms with Crippen molar-refractivity contribution in [2.45, 2.75) is 278 Å². The van der Waals surface area contributed by atoms with E-state index >= 15 is 0 Å². The number of unbranched alkanes of at least 4 members (excludes halogenated alkanes) is 20. The lowest BCUT2D eigenvalue weighted by atomic mass is 9.92. The van der Waals surface area contributed by atoms with Gasteiger partial charge in [0.1, 0.15) is 6.10 Å². The normalized spacial score (nSPS) is 12.2. The van der Waals surface area contributed by atoms with E-state index in [2.05, 4.69) is 27.7 Å². The third-order valence-corrected chi connectivity index (χ3v) is 12.8. The van der Waals surface area contributed by atoms with Gasteiger partial charge in [0.15, 0.2) is 6.10 Å². The predicted molar refractivity (Wildman–Crippen MR) is 262 cm³/mol. The molecule has 0 bridgehead atoms. The maximum Gasteiger partial charge on any atom is 0.335 e. The maximum atomic E-state index is 13.0. The molecular formula is C54H105NO7. The van der Waals surface area contributed by atoms with E-state index in [1.165, 1.54) is 128 Å². The number of ether oxygens (including phenoxy) is 4. The predicted octanol–water partition coefficient (Wildman–Crippen LogP) is 15.3. The van der Waals surface area contributed by atoms with E-state index in [1.807, 2.05) is 19.0 Å². The van der Waals surface area contributed by atoms with Crippen molar-refractivity contribution in [3.05, 3.63) is 0 Å². The van der Waals surface area contributed by atoms with Crippen molar-refractivity contribution in [2.24, 2.45) is 11.8 Å². The van der Waals surface area contributed by atoms with Gasteiger partial charge in [0.05, 0.1) is 19.8 Å². The van der Waals surface area contributed by atoms with Crippen molar-refractivity contribution >= 4 is 17.9 Å². The molecule has 0 aromatic carbocycles. The van der Waals surface area contributed by atoms with E-state index in [9.17, 15) is 14.4 Å². The van der Waals surface area contributed by atoms with Gasteiger partial charge in [-0.1, -0.05) is 195 Å². The molecule has 0 amide bonds. The number of rotatable bonds is 48. The summed E-state index contributed by atoms with van der Waals surface area (Å²) in [6.07, 6.45) is 39.9. The Morgan fingerprint density at radius 3 is 1.13 bits per heavy atom. The Labute approximate surface area is 385 Å². The van der Waals surface area contributed by atoms with Crippen molar-refractivity contribution in [2.75, 3.05) is 40.5 Å². The lowest BCUT2D eigenvalue weighted by Crippen LogP contribution is -2.30. The zero-order valence-electron chi connectivity index (χ0n) is 42.4. The van der Waals surface area contributed by atoms with Crippen LogP contribution in [-0.4, -0.2) is 75.5 Å². The Kier molecular flexibility index (Phi) is 44.6. The Morgan fingerprint density at radius 2 is 0.758 bits per heavy atom. The first-order valence-electron chi connectivity index (χ1n) is 26.9. The largest absolute Gasteiger partial charge is 0.466 e. The summed E-state index contributed by atoms with van der Waals surface area (Å²) in [5.41, 5.74) is 0. The van der Waals surface area contributed by atoms with Gasteiger partial charge in [0.25, 0.3) is 0 Å². The fourth-order valence-corrected chi connectivity index (χ4v) is 8.47. The number of carbonyl (C=O) groups is 3. The first-order chi connectivity index (χ1) is 30.2. The van der Waals surface area contributed by atoms with E-state index in [4.69, 9.17) is 18.9 Å². The first kappa shape index (κ1) is 60.3. The van der Waals surface area contributed by atoms with Crippen LogP contribution in [0.3, 0.4) is 0 Å². The van der Waals surface area contributed by atoms with Crippen molar-refractivity contribution in [1.29, 1.82) is 0 Å².